The van der Waals surface area contributed by atoms with Crippen LogP contribution in [-0.2, 0) is 4.79 Å². The Morgan fingerprint density at radius 3 is 2.65 bits per heavy atom. The predicted molar refractivity (Wildman–Crippen MR) is 80.2 cm³/mol. The van der Waals surface area contributed by atoms with Crippen LogP contribution in [0.1, 0.15) is 24.3 Å². The van der Waals surface area contributed by atoms with Gasteiger partial charge in [-0.3, -0.25) is 14.6 Å². The van der Waals surface area contributed by atoms with E-state index in [1.807, 2.05) is 4.90 Å². The molecule has 0 spiro atoms. The molecule has 3 atom stereocenters. The summed E-state index contributed by atoms with van der Waals surface area (Å²) >= 11 is 0. The van der Waals surface area contributed by atoms with Gasteiger partial charge in [-0.1, -0.05) is 12.1 Å². The van der Waals surface area contributed by atoms with E-state index in [0.717, 1.165) is 32.0 Å². The van der Waals surface area contributed by atoms with Crippen molar-refractivity contribution < 1.29 is 18.7 Å². The monoisotopic (exact) mass is 322 g/mol. The van der Waals surface area contributed by atoms with E-state index in [0.29, 0.717) is 18.0 Å². The fraction of sp³-hybridized carbons (Fsp3) is 0.588. The van der Waals surface area contributed by atoms with Crippen molar-refractivity contribution in [2.24, 2.45) is 5.92 Å². The summed E-state index contributed by atoms with van der Waals surface area (Å²) in [4.78, 5) is 15.5. The Bertz CT molecular complexity index is 631. The molecule has 0 aliphatic carbocycles. The lowest BCUT2D eigenvalue weighted by Gasteiger charge is -2.51. The highest BCUT2D eigenvalue weighted by Crippen LogP contribution is 2.46. The molecule has 4 fully saturated rings. The van der Waals surface area contributed by atoms with Crippen LogP contribution in [0.5, 0.6) is 0 Å². The number of rotatable bonds is 3. The number of carboxylic acid groups (broad SMARTS) is 1. The summed E-state index contributed by atoms with van der Waals surface area (Å²) < 4.78 is 28.0. The molecule has 0 saturated carbocycles. The summed E-state index contributed by atoms with van der Waals surface area (Å²) in [5.74, 6) is -2.17. The Morgan fingerprint density at radius 2 is 1.96 bits per heavy atom. The smallest absolute Gasteiger partial charge is 0.317 e. The number of carbonyl (C=O) groups is 1. The second-order valence-electron chi connectivity index (χ2n) is 6.93. The van der Waals surface area contributed by atoms with Gasteiger partial charge in [0, 0.05) is 24.5 Å². The molecule has 1 aromatic carbocycles. The maximum atomic E-state index is 14.3. The average molecular weight is 322 g/mol. The zero-order valence-electron chi connectivity index (χ0n) is 12.8. The molecule has 4 aliphatic rings. The highest BCUT2D eigenvalue weighted by atomic mass is 19.2. The average Bonchev–Trinajstić information content (AvgIpc) is 2.92. The molecule has 0 amide bonds. The zero-order chi connectivity index (χ0) is 16.1. The molecule has 4 aliphatic heterocycles. The van der Waals surface area contributed by atoms with E-state index in [4.69, 9.17) is 0 Å². The van der Waals surface area contributed by atoms with Crippen LogP contribution in [0.25, 0.3) is 0 Å². The van der Waals surface area contributed by atoms with Crippen LogP contribution < -0.4 is 0 Å². The molecule has 6 heteroatoms. The molecule has 0 aromatic heterocycles. The van der Waals surface area contributed by atoms with E-state index < -0.39 is 17.6 Å². The number of hydrogen-bond donors (Lipinski definition) is 1. The van der Waals surface area contributed by atoms with Crippen LogP contribution in [-0.4, -0.2) is 59.1 Å². The summed E-state index contributed by atoms with van der Waals surface area (Å²) in [6.45, 7) is 2.40. The molecule has 5 rings (SSSR count). The summed E-state index contributed by atoms with van der Waals surface area (Å²) in [6.07, 6.45) is 2.13. The maximum Gasteiger partial charge on any atom is 0.317 e. The third-order valence-corrected chi connectivity index (χ3v) is 5.81. The molecule has 0 unspecified atom stereocenters. The fourth-order valence-corrected chi connectivity index (χ4v) is 4.98. The number of nitrogens with zero attached hydrogens (tertiary/aromatic N) is 2. The summed E-state index contributed by atoms with van der Waals surface area (Å²) in [6, 6.07) is 4.56. The predicted octanol–water partition coefficient (Wildman–Crippen LogP) is 1.91. The van der Waals surface area contributed by atoms with Gasteiger partial charge in [-0.05, 0) is 43.5 Å². The van der Waals surface area contributed by atoms with Crippen molar-refractivity contribution in [3.63, 3.8) is 0 Å². The van der Waals surface area contributed by atoms with Crippen molar-refractivity contribution in [1.29, 1.82) is 0 Å². The van der Waals surface area contributed by atoms with Crippen molar-refractivity contribution in [3.05, 3.63) is 35.4 Å². The topological polar surface area (TPSA) is 43.8 Å². The van der Waals surface area contributed by atoms with Crippen molar-refractivity contribution in [1.82, 2.24) is 9.80 Å². The Labute approximate surface area is 133 Å². The Kier molecular flexibility index (Phi) is 3.61. The minimum atomic E-state index is -0.861. The third-order valence-electron chi connectivity index (χ3n) is 5.81. The van der Waals surface area contributed by atoms with Crippen molar-refractivity contribution >= 4 is 5.97 Å². The number of piperidine rings is 3. The summed E-state index contributed by atoms with van der Waals surface area (Å²) in [5, 5.41) is 9.20. The zero-order valence-corrected chi connectivity index (χ0v) is 12.8. The van der Waals surface area contributed by atoms with Gasteiger partial charge in [0.05, 0.1) is 6.54 Å². The molecule has 4 heterocycles. The van der Waals surface area contributed by atoms with E-state index >= 15 is 0 Å². The first kappa shape index (κ1) is 15.0. The van der Waals surface area contributed by atoms with Gasteiger partial charge in [0.1, 0.15) is 0 Å². The second kappa shape index (κ2) is 5.53. The largest absolute Gasteiger partial charge is 0.480 e. The summed E-state index contributed by atoms with van der Waals surface area (Å²) in [5.41, 5.74) is 0.389. The highest BCUT2D eigenvalue weighted by molar-refractivity contribution is 5.69. The molecule has 124 valence electrons. The Hall–Kier alpha value is -1.53. The molecule has 1 aromatic rings. The lowest BCUT2D eigenvalue weighted by atomic mass is 9.75. The van der Waals surface area contributed by atoms with Crippen LogP contribution in [0.15, 0.2) is 18.2 Å². The van der Waals surface area contributed by atoms with Crippen LogP contribution in [0, 0.1) is 17.6 Å². The van der Waals surface area contributed by atoms with Gasteiger partial charge in [0.15, 0.2) is 11.6 Å². The van der Waals surface area contributed by atoms with Crippen molar-refractivity contribution in [3.8, 4) is 0 Å². The fourth-order valence-electron chi connectivity index (χ4n) is 4.98. The van der Waals surface area contributed by atoms with Gasteiger partial charge in [-0.2, -0.15) is 0 Å². The molecule has 0 radical (unpaired) electrons. The van der Waals surface area contributed by atoms with Crippen LogP contribution >= 0.6 is 0 Å². The molecule has 4 nitrogen and oxygen atoms in total. The molecule has 2 bridgehead atoms. The number of aliphatic carboxylic acids is 1. The number of fused-ring (bicyclic) bond motifs is 2. The number of benzene rings is 1. The molecule has 23 heavy (non-hydrogen) atoms. The number of hydrogen-bond acceptors (Lipinski definition) is 3. The van der Waals surface area contributed by atoms with E-state index in [1.54, 1.807) is 12.1 Å². The summed E-state index contributed by atoms with van der Waals surface area (Å²) in [7, 11) is 0. The Morgan fingerprint density at radius 1 is 1.22 bits per heavy atom. The van der Waals surface area contributed by atoms with Gasteiger partial charge >= 0.3 is 5.97 Å². The van der Waals surface area contributed by atoms with Crippen molar-refractivity contribution in [2.75, 3.05) is 26.2 Å². The van der Waals surface area contributed by atoms with Gasteiger partial charge in [0.2, 0.25) is 0 Å². The number of carboxylic acids is 1. The van der Waals surface area contributed by atoms with E-state index in [2.05, 4.69) is 4.90 Å². The number of halogens is 2. The van der Waals surface area contributed by atoms with Gasteiger partial charge in [-0.15, -0.1) is 0 Å². The van der Waals surface area contributed by atoms with Crippen LogP contribution in [0.3, 0.4) is 0 Å². The van der Waals surface area contributed by atoms with E-state index in [1.165, 1.54) is 0 Å². The Balaban J connectivity index is 1.72. The van der Waals surface area contributed by atoms with Gasteiger partial charge < -0.3 is 5.11 Å². The first-order valence-corrected chi connectivity index (χ1v) is 8.20. The minimum absolute atomic E-state index is 0.0288. The molecule has 4 saturated heterocycles. The second-order valence-corrected chi connectivity index (χ2v) is 6.93. The molecular formula is C17H20F2N2O2. The van der Waals surface area contributed by atoms with Crippen molar-refractivity contribution in [2.45, 2.75) is 30.8 Å². The SMILES string of the molecule is O=C(O)CN1C[C@H](c2cccc(F)c2F)[C@@H]2[C@H]1C1CCN2CC1. The lowest BCUT2D eigenvalue weighted by Crippen LogP contribution is -2.60. The highest BCUT2D eigenvalue weighted by Gasteiger charge is 2.54. The standard InChI is InChI=1S/C17H20F2N2O2/c18-13-3-1-2-11(15(13)19)12-8-21(9-14(22)23)16-10-4-6-20(7-5-10)17(12)16/h1-3,10,12,16-17H,4-9H2,(H,22,23)/t12-,16-,17-/m1/s1. The molecular weight excluding hydrogens is 302 g/mol. The number of likely N-dealkylation sites (tertiary alicyclic amines) is 1. The van der Waals surface area contributed by atoms with E-state index in [9.17, 15) is 18.7 Å². The van der Waals surface area contributed by atoms with E-state index in [-0.39, 0.29) is 24.5 Å². The lowest BCUT2D eigenvalue weighted by molar-refractivity contribution is -0.139. The quantitative estimate of drug-likeness (QED) is 0.923. The maximum absolute atomic E-state index is 14.3. The first-order valence-electron chi connectivity index (χ1n) is 8.20. The van der Waals surface area contributed by atoms with Gasteiger partial charge in [-0.25, -0.2) is 8.78 Å². The van der Waals surface area contributed by atoms with Crippen LogP contribution in [0.2, 0.25) is 0 Å². The first-order chi connectivity index (χ1) is 11.1. The normalized spacial score (nSPS) is 36.2. The minimum Gasteiger partial charge on any atom is -0.480 e. The van der Waals surface area contributed by atoms with Crippen LogP contribution in [0.4, 0.5) is 8.78 Å². The molecule has 1 N–H and O–H groups in total. The third kappa shape index (κ3) is 2.35. The van der Waals surface area contributed by atoms with Gasteiger partial charge in [0.25, 0.3) is 0 Å².